The predicted molar refractivity (Wildman–Crippen MR) is 117 cm³/mol. The quantitative estimate of drug-likeness (QED) is 0.619. The molecule has 0 spiro atoms. The van der Waals surface area contributed by atoms with Gasteiger partial charge in [-0.3, -0.25) is 4.72 Å². The van der Waals surface area contributed by atoms with Crippen LogP contribution in [0.4, 0.5) is 21.7 Å². The molecule has 1 aromatic carbocycles. The van der Waals surface area contributed by atoms with E-state index in [2.05, 4.69) is 26.2 Å². The van der Waals surface area contributed by atoms with Gasteiger partial charge in [0.15, 0.2) is 29.3 Å². The van der Waals surface area contributed by atoms with Crippen molar-refractivity contribution in [2.24, 2.45) is 0 Å². The number of hydrogen-bond donors (Lipinski definition) is 2. The highest BCUT2D eigenvalue weighted by molar-refractivity contribution is 7.92. The van der Waals surface area contributed by atoms with Gasteiger partial charge in [-0.2, -0.15) is 0 Å². The van der Waals surface area contributed by atoms with Crippen LogP contribution in [-0.4, -0.2) is 36.0 Å². The SMILES string of the molecule is CS(=O)(=O)Nc1nn(C2CCCCO2)c2nc(Nc3cccc4c3CCC4)c(F)cc12. The maximum Gasteiger partial charge on any atom is 0.231 e. The number of fused-ring (bicyclic) bond motifs is 2. The Kier molecular flexibility index (Phi) is 5.05. The molecule has 10 heteroatoms. The fourth-order valence-corrected chi connectivity index (χ4v) is 4.86. The number of rotatable bonds is 5. The van der Waals surface area contributed by atoms with Crippen LogP contribution in [0.3, 0.4) is 0 Å². The third-order valence-corrected chi connectivity index (χ3v) is 6.31. The van der Waals surface area contributed by atoms with E-state index in [9.17, 15) is 8.42 Å². The third-order valence-electron chi connectivity index (χ3n) is 5.75. The Morgan fingerprint density at radius 1 is 1.19 bits per heavy atom. The van der Waals surface area contributed by atoms with E-state index in [0.717, 1.165) is 50.5 Å². The number of sulfonamides is 1. The number of benzene rings is 1. The zero-order valence-electron chi connectivity index (χ0n) is 17.2. The monoisotopic (exact) mass is 445 g/mol. The maximum absolute atomic E-state index is 15.1. The van der Waals surface area contributed by atoms with Crippen LogP contribution in [0.15, 0.2) is 24.3 Å². The lowest BCUT2D eigenvalue weighted by molar-refractivity contribution is -0.0368. The van der Waals surface area contributed by atoms with Crippen molar-refractivity contribution in [3.63, 3.8) is 0 Å². The van der Waals surface area contributed by atoms with Crippen molar-refractivity contribution >= 4 is 38.4 Å². The van der Waals surface area contributed by atoms with Gasteiger partial charge in [-0.1, -0.05) is 12.1 Å². The van der Waals surface area contributed by atoms with Crippen molar-refractivity contribution in [3.05, 3.63) is 41.2 Å². The second kappa shape index (κ2) is 7.76. The lowest BCUT2D eigenvalue weighted by Gasteiger charge is -2.23. The molecule has 0 saturated carbocycles. The third kappa shape index (κ3) is 3.97. The fraction of sp³-hybridized carbons (Fsp3) is 0.429. The highest BCUT2D eigenvalue weighted by Crippen LogP contribution is 2.34. The van der Waals surface area contributed by atoms with Crippen LogP contribution in [0, 0.1) is 5.82 Å². The summed E-state index contributed by atoms with van der Waals surface area (Å²) in [6.07, 6.45) is 6.34. The molecule has 1 atom stereocenters. The Bertz CT molecular complexity index is 1250. The highest BCUT2D eigenvalue weighted by atomic mass is 32.2. The zero-order valence-corrected chi connectivity index (χ0v) is 18.0. The van der Waals surface area contributed by atoms with Gasteiger partial charge in [0.05, 0.1) is 11.6 Å². The second-order valence-electron chi connectivity index (χ2n) is 8.10. The molecule has 1 aliphatic carbocycles. The van der Waals surface area contributed by atoms with E-state index in [1.54, 1.807) is 4.68 Å². The first-order valence-corrected chi connectivity index (χ1v) is 12.3. The van der Waals surface area contributed by atoms with Gasteiger partial charge in [0.1, 0.15) is 0 Å². The molecule has 8 nitrogen and oxygen atoms in total. The molecule has 3 heterocycles. The molecule has 1 fully saturated rings. The molecule has 164 valence electrons. The predicted octanol–water partition coefficient (Wildman–Crippen LogP) is 3.87. The number of aryl methyl sites for hydroxylation is 1. The highest BCUT2D eigenvalue weighted by Gasteiger charge is 2.25. The zero-order chi connectivity index (χ0) is 21.6. The molecule has 5 rings (SSSR count). The van der Waals surface area contributed by atoms with Gasteiger partial charge in [0.25, 0.3) is 0 Å². The normalized spacial score (nSPS) is 18.8. The van der Waals surface area contributed by atoms with Gasteiger partial charge >= 0.3 is 0 Å². The summed E-state index contributed by atoms with van der Waals surface area (Å²) in [4.78, 5) is 4.52. The van der Waals surface area contributed by atoms with Crippen LogP contribution < -0.4 is 10.0 Å². The van der Waals surface area contributed by atoms with Crippen molar-refractivity contribution in [2.75, 3.05) is 22.9 Å². The smallest absolute Gasteiger partial charge is 0.231 e. The molecule has 2 aliphatic rings. The van der Waals surface area contributed by atoms with Crippen molar-refractivity contribution in [2.45, 2.75) is 44.8 Å². The number of halogens is 1. The van der Waals surface area contributed by atoms with E-state index in [1.807, 2.05) is 12.1 Å². The summed E-state index contributed by atoms with van der Waals surface area (Å²) >= 11 is 0. The number of anilines is 3. The average molecular weight is 446 g/mol. The number of aromatic nitrogens is 3. The Morgan fingerprint density at radius 2 is 2.06 bits per heavy atom. The number of pyridine rings is 1. The molecular formula is C21H24FN5O3S. The summed E-state index contributed by atoms with van der Waals surface area (Å²) in [7, 11) is -3.60. The van der Waals surface area contributed by atoms with Crippen molar-refractivity contribution < 1.29 is 17.5 Å². The minimum atomic E-state index is -3.60. The van der Waals surface area contributed by atoms with Gasteiger partial charge in [0, 0.05) is 12.3 Å². The summed E-state index contributed by atoms with van der Waals surface area (Å²) in [5.74, 6) is -0.454. The fourth-order valence-electron chi connectivity index (χ4n) is 4.36. The molecule has 0 amide bonds. The van der Waals surface area contributed by atoms with Gasteiger partial charge in [-0.05, 0) is 61.8 Å². The van der Waals surface area contributed by atoms with Crippen LogP contribution in [-0.2, 0) is 27.6 Å². The van der Waals surface area contributed by atoms with Gasteiger partial charge < -0.3 is 10.1 Å². The topological polar surface area (TPSA) is 98.1 Å². The van der Waals surface area contributed by atoms with Crippen LogP contribution in [0.2, 0.25) is 0 Å². The van der Waals surface area contributed by atoms with Crippen LogP contribution in [0.1, 0.15) is 43.0 Å². The molecule has 0 bridgehead atoms. The lowest BCUT2D eigenvalue weighted by atomic mass is 10.1. The Labute approximate surface area is 179 Å². The first-order valence-electron chi connectivity index (χ1n) is 10.4. The summed E-state index contributed by atoms with van der Waals surface area (Å²) in [6.45, 7) is 0.587. The molecule has 3 aromatic rings. The van der Waals surface area contributed by atoms with E-state index in [-0.39, 0.29) is 17.9 Å². The Hall–Kier alpha value is -2.72. The molecular weight excluding hydrogens is 421 g/mol. The van der Waals surface area contributed by atoms with Crippen molar-refractivity contribution in [1.82, 2.24) is 14.8 Å². The number of ether oxygens (including phenoxy) is 1. The van der Waals surface area contributed by atoms with E-state index in [1.165, 1.54) is 17.2 Å². The second-order valence-corrected chi connectivity index (χ2v) is 9.85. The Morgan fingerprint density at radius 3 is 2.84 bits per heavy atom. The van der Waals surface area contributed by atoms with Crippen molar-refractivity contribution in [3.8, 4) is 0 Å². The molecule has 1 aliphatic heterocycles. The first kappa shape index (κ1) is 20.2. The lowest BCUT2D eigenvalue weighted by Crippen LogP contribution is -2.20. The van der Waals surface area contributed by atoms with Crippen LogP contribution in [0.25, 0.3) is 11.0 Å². The Balaban J connectivity index is 1.60. The van der Waals surface area contributed by atoms with Gasteiger partial charge in [-0.15, -0.1) is 5.10 Å². The summed E-state index contributed by atoms with van der Waals surface area (Å²) < 4.78 is 48.4. The summed E-state index contributed by atoms with van der Waals surface area (Å²) in [5.41, 5.74) is 3.67. The largest absolute Gasteiger partial charge is 0.356 e. The minimum absolute atomic E-state index is 0.0465. The molecule has 1 unspecified atom stereocenters. The first-order chi connectivity index (χ1) is 14.9. The van der Waals surface area contributed by atoms with Crippen LogP contribution in [0.5, 0.6) is 0 Å². The van der Waals surface area contributed by atoms with E-state index >= 15 is 4.39 Å². The minimum Gasteiger partial charge on any atom is -0.356 e. The van der Waals surface area contributed by atoms with E-state index in [0.29, 0.717) is 17.6 Å². The molecule has 2 aromatic heterocycles. The standard InChI is InChI=1S/C21H24FN5O3S/c1-31(28,29)26-19-15-12-16(22)20(23-17-9-5-7-13-6-4-8-14(13)17)24-21(15)27(25-19)18-10-2-3-11-30-18/h5,7,9,12,18H,2-4,6,8,10-11H2,1H3,(H,23,24)(H,25,26). The van der Waals surface area contributed by atoms with Crippen molar-refractivity contribution in [1.29, 1.82) is 0 Å². The maximum atomic E-state index is 15.1. The number of hydrogen-bond acceptors (Lipinski definition) is 6. The summed E-state index contributed by atoms with van der Waals surface area (Å²) in [6, 6.07) is 7.25. The molecule has 0 radical (unpaired) electrons. The molecule has 1 saturated heterocycles. The molecule has 2 N–H and O–H groups in total. The van der Waals surface area contributed by atoms with E-state index < -0.39 is 15.8 Å². The number of nitrogens with one attached hydrogen (secondary N) is 2. The molecule has 31 heavy (non-hydrogen) atoms. The number of nitrogens with zero attached hydrogens (tertiary/aromatic N) is 3. The van der Waals surface area contributed by atoms with Gasteiger partial charge in [0.2, 0.25) is 10.0 Å². The summed E-state index contributed by atoms with van der Waals surface area (Å²) in [5, 5.41) is 7.83. The van der Waals surface area contributed by atoms with Gasteiger partial charge in [-0.25, -0.2) is 22.5 Å². The van der Waals surface area contributed by atoms with E-state index in [4.69, 9.17) is 4.74 Å². The van der Waals surface area contributed by atoms with Crippen LogP contribution >= 0.6 is 0 Å². The average Bonchev–Trinajstić information content (AvgIpc) is 3.34.